The van der Waals surface area contributed by atoms with Crippen LogP contribution in [-0.2, 0) is 20.9 Å². The Kier molecular flexibility index (Phi) is 8.38. The van der Waals surface area contributed by atoms with E-state index in [9.17, 15) is 18.8 Å². The van der Waals surface area contributed by atoms with Gasteiger partial charge in [0, 0.05) is 13.1 Å². The maximum atomic E-state index is 14.5. The summed E-state index contributed by atoms with van der Waals surface area (Å²) in [7, 11) is 0. The van der Waals surface area contributed by atoms with Gasteiger partial charge in [-0.1, -0.05) is 50.1 Å². The fraction of sp³-hybridized carbons (Fsp3) is 0.550. The number of alkyl halides is 1. The lowest BCUT2D eigenvalue weighted by atomic mass is 9.94. The van der Waals surface area contributed by atoms with E-state index >= 15 is 0 Å². The summed E-state index contributed by atoms with van der Waals surface area (Å²) in [6.07, 6.45) is 0.456. The molecule has 1 heterocycles. The molecule has 1 fully saturated rings. The molecule has 0 aromatic heterocycles. The van der Waals surface area contributed by atoms with Crippen LogP contribution in [0, 0.1) is 5.92 Å². The number of unbranched alkanes of at least 4 members (excludes halogenated alkanes) is 1. The predicted octanol–water partition coefficient (Wildman–Crippen LogP) is 1.94. The number of hydrogen-bond acceptors (Lipinski definition) is 4. The van der Waals surface area contributed by atoms with E-state index in [1.165, 1.54) is 10.4 Å². The summed E-state index contributed by atoms with van der Waals surface area (Å²) in [5.74, 6) is -3.29. The molecule has 3 atom stereocenters. The average molecular weight is 393 g/mol. The highest BCUT2D eigenvalue weighted by molar-refractivity contribution is 5.92. The molecular weight excluding hydrogens is 365 g/mol. The molecule has 0 radical (unpaired) electrons. The number of carbonyl (C=O) groups excluding carboxylic acids is 3. The van der Waals surface area contributed by atoms with Crippen molar-refractivity contribution in [1.29, 1.82) is 0 Å². The van der Waals surface area contributed by atoms with Crippen LogP contribution in [0.5, 0.6) is 0 Å². The first-order valence-electron chi connectivity index (χ1n) is 9.69. The minimum Gasteiger partial charge on any atom is -0.350 e. The molecule has 7 nitrogen and oxygen atoms in total. The molecule has 0 aliphatic carbocycles. The first-order valence-corrected chi connectivity index (χ1v) is 9.69. The SMILES string of the molecule is CCCC[C@@H](C(=O)N1CCCC1C(=O)NCc1ccccc1)[C@@H](F)C(=O)NO. The van der Waals surface area contributed by atoms with Crippen molar-refractivity contribution in [3.8, 4) is 0 Å². The van der Waals surface area contributed by atoms with E-state index in [1.54, 1.807) is 0 Å². The van der Waals surface area contributed by atoms with Crippen LogP contribution in [0.15, 0.2) is 30.3 Å². The summed E-state index contributed by atoms with van der Waals surface area (Å²) in [5, 5.41) is 11.5. The van der Waals surface area contributed by atoms with Crippen LogP contribution in [0.3, 0.4) is 0 Å². The van der Waals surface area contributed by atoms with Crippen LogP contribution in [-0.4, -0.2) is 46.6 Å². The Hall–Kier alpha value is -2.48. The van der Waals surface area contributed by atoms with Crippen molar-refractivity contribution in [3.63, 3.8) is 0 Å². The van der Waals surface area contributed by atoms with Crippen LogP contribution in [0.2, 0.25) is 0 Å². The first-order chi connectivity index (χ1) is 13.5. The van der Waals surface area contributed by atoms with Gasteiger partial charge in [-0.15, -0.1) is 0 Å². The summed E-state index contributed by atoms with van der Waals surface area (Å²) >= 11 is 0. The lowest BCUT2D eigenvalue weighted by molar-refractivity contribution is -0.149. The maximum Gasteiger partial charge on any atom is 0.278 e. The minimum absolute atomic E-state index is 0.179. The van der Waals surface area contributed by atoms with Crippen molar-refractivity contribution in [3.05, 3.63) is 35.9 Å². The molecule has 3 N–H and O–H groups in total. The fourth-order valence-corrected chi connectivity index (χ4v) is 3.48. The molecule has 1 saturated heterocycles. The van der Waals surface area contributed by atoms with Crippen LogP contribution in [0.4, 0.5) is 4.39 Å². The Morgan fingerprint density at radius 2 is 2.00 bits per heavy atom. The predicted molar refractivity (Wildman–Crippen MR) is 101 cm³/mol. The molecule has 28 heavy (non-hydrogen) atoms. The zero-order valence-corrected chi connectivity index (χ0v) is 16.1. The largest absolute Gasteiger partial charge is 0.350 e. The van der Waals surface area contributed by atoms with Crippen molar-refractivity contribution in [2.45, 2.75) is 57.8 Å². The topological polar surface area (TPSA) is 98.7 Å². The van der Waals surface area contributed by atoms with Gasteiger partial charge in [-0.2, -0.15) is 0 Å². The number of benzene rings is 1. The Labute approximate surface area is 164 Å². The highest BCUT2D eigenvalue weighted by atomic mass is 19.1. The number of nitrogens with one attached hydrogen (secondary N) is 2. The molecule has 1 aliphatic heterocycles. The number of nitrogens with zero attached hydrogens (tertiary/aromatic N) is 1. The second-order valence-electron chi connectivity index (χ2n) is 7.02. The number of halogens is 1. The normalized spacial score (nSPS) is 18.4. The molecule has 154 valence electrons. The van der Waals surface area contributed by atoms with E-state index in [0.29, 0.717) is 32.4 Å². The van der Waals surface area contributed by atoms with E-state index < -0.39 is 29.9 Å². The number of amides is 3. The van der Waals surface area contributed by atoms with E-state index in [1.807, 2.05) is 37.3 Å². The van der Waals surface area contributed by atoms with Crippen LogP contribution in [0.1, 0.15) is 44.6 Å². The van der Waals surface area contributed by atoms with Gasteiger partial charge in [0.1, 0.15) is 6.04 Å². The van der Waals surface area contributed by atoms with E-state index in [-0.39, 0.29) is 12.3 Å². The van der Waals surface area contributed by atoms with Crippen molar-refractivity contribution in [2.24, 2.45) is 5.92 Å². The standard InChI is InChI=1S/C20H28FN3O4/c1-2-3-10-15(17(21)19(26)23-28)20(27)24-12-7-11-16(24)18(25)22-13-14-8-5-4-6-9-14/h4-6,8-9,15-17,28H,2-3,7,10-13H2,1H3,(H,22,25)(H,23,26)/t15-,16?,17-/m1/s1. The van der Waals surface area contributed by atoms with Gasteiger partial charge in [0.25, 0.3) is 5.91 Å². The van der Waals surface area contributed by atoms with Gasteiger partial charge in [-0.25, -0.2) is 9.87 Å². The molecule has 2 rings (SSSR count). The molecule has 3 amide bonds. The van der Waals surface area contributed by atoms with Crippen molar-refractivity contribution in [2.75, 3.05) is 6.54 Å². The molecule has 1 aromatic carbocycles. The third-order valence-electron chi connectivity index (χ3n) is 5.05. The van der Waals surface area contributed by atoms with Crippen LogP contribution < -0.4 is 10.8 Å². The number of hydroxylamine groups is 1. The minimum atomic E-state index is -2.15. The van der Waals surface area contributed by atoms with E-state index in [4.69, 9.17) is 5.21 Å². The molecular formula is C20H28FN3O4. The lowest BCUT2D eigenvalue weighted by Gasteiger charge is -2.29. The molecule has 1 aromatic rings. The second-order valence-corrected chi connectivity index (χ2v) is 7.02. The molecule has 1 unspecified atom stereocenters. The van der Waals surface area contributed by atoms with E-state index in [0.717, 1.165) is 12.0 Å². The number of carbonyl (C=O) groups is 3. The summed E-state index contributed by atoms with van der Waals surface area (Å²) in [5.41, 5.74) is 2.22. The summed E-state index contributed by atoms with van der Waals surface area (Å²) < 4.78 is 14.5. The Bertz CT molecular complexity index is 671. The van der Waals surface area contributed by atoms with Gasteiger partial charge in [-0.05, 0) is 24.8 Å². The number of hydrogen-bond donors (Lipinski definition) is 3. The third-order valence-corrected chi connectivity index (χ3v) is 5.05. The quantitative estimate of drug-likeness (QED) is 0.441. The fourth-order valence-electron chi connectivity index (χ4n) is 3.48. The van der Waals surface area contributed by atoms with E-state index in [2.05, 4.69) is 5.32 Å². The average Bonchev–Trinajstić information content (AvgIpc) is 3.22. The molecule has 1 aliphatic rings. The Morgan fingerprint density at radius 1 is 1.29 bits per heavy atom. The molecule has 0 bridgehead atoms. The maximum absolute atomic E-state index is 14.5. The zero-order valence-electron chi connectivity index (χ0n) is 16.1. The molecule has 8 heteroatoms. The van der Waals surface area contributed by atoms with Gasteiger partial charge in [0.05, 0.1) is 5.92 Å². The monoisotopic (exact) mass is 393 g/mol. The summed E-state index contributed by atoms with van der Waals surface area (Å²) in [6.45, 7) is 2.59. The van der Waals surface area contributed by atoms with Gasteiger partial charge in [0.15, 0.2) is 6.17 Å². The third kappa shape index (κ3) is 5.51. The van der Waals surface area contributed by atoms with Crippen LogP contribution >= 0.6 is 0 Å². The van der Waals surface area contributed by atoms with Gasteiger partial charge in [0.2, 0.25) is 11.8 Å². The smallest absolute Gasteiger partial charge is 0.278 e. The van der Waals surface area contributed by atoms with Crippen LogP contribution in [0.25, 0.3) is 0 Å². The summed E-state index contributed by atoms with van der Waals surface area (Å²) in [4.78, 5) is 38.5. The van der Waals surface area contributed by atoms with Crippen molar-refractivity contribution in [1.82, 2.24) is 15.7 Å². The molecule has 0 spiro atoms. The van der Waals surface area contributed by atoms with Gasteiger partial charge in [-0.3, -0.25) is 19.6 Å². The highest BCUT2D eigenvalue weighted by Crippen LogP contribution is 2.25. The Morgan fingerprint density at radius 3 is 2.64 bits per heavy atom. The van der Waals surface area contributed by atoms with Crippen molar-refractivity contribution >= 4 is 17.7 Å². The van der Waals surface area contributed by atoms with Crippen molar-refractivity contribution < 1.29 is 24.0 Å². The number of rotatable bonds is 9. The zero-order chi connectivity index (χ0) is 20.5. The Balaban J connectivity index is 2.05. The highest BCUT2D eigenvalue weighted by Gasteiger charge is 2.41. The molecule has 0 saturated carbocycles. The first kappa shape index (κ1) is 21.8. The number of likely N-dealkylation sites (tertiary alicyclic amines) is 1. The second kappa shape index (κ2) is 10.8. The summed E-state index contributed by atoms with van der Waals surface area (Å²) in [6, 6.07) is 8.73. The van der Waals surface area contributed by atoms with Gasteiger partial charge >= 0.3 is 0 Å². The lowest BCUT2D eigenvalue weighted by Crippen LogP contribution is -2.50. The van der Waals surface area contributed by atoms with Gasteiger partial charge < -0.3 is 10.2 Å².